The van der Waals surface area contributed by atoms with Gasteiger partial charge in [-0.15, -0.1) is 0 Å². The molecule has 2 heterocycles. The first-order valence-corrected chi connectivity index (χ1v) is 8.32. The number of nitrogens with one attached hydrogen (secondary N) is 1. The highest BCUT2D eigenvalue weighted by atomic mass is 16.5. The van der Waals surface area contributed by atoms with Crippen LogP contribution in [0.3, 0.4) is 0 Å². The van der Waals surface area contributed by atoms with Gasteiger partial charge < -0.3 is 14.7 Å². The van der Waals surface area contributed by atoms with Gasteiger partial charge in [0.1, 0.15) is 0 Å². The molecular formula is C19H18N4O2. The Kier molecular flexibility index (Phi) is 4.16. The Labute approximate surface area is 145 Å². The molecular weight excluding hydrogens is 316 g/mol. The first-order chi connectivity index (χ1) is 12.3. The van der Waals surface area contributed by atoms with Crippen LogP contribution < -0.4 is 10.2 Å². The summed E-state index contributed by atoms with van der Waals surface area (Å²) >= 11 is 0. The Morgan fingerprint density at radius 1 is 1.08 bits per heavy atom. The predicted octanol–water partition coefficient (Wildman–Crippen LogP) is 3.48. The summed E-state index contributed by atoms with van der Waals surface area (Å²) < 4.78 is 5.29. The lowest BCUT2D eigenvalue weighted by Gasteiger charge is -2.16. The Morgan fingerprint density at radius 3 is 2.60 bits per heavy atom. The Hall–Kier alpha value is -3.15. The SMILES string of the molecule is O=C1CCCN1c1ccc(NCc2noc(-c3ccccc3)n2)cc1. The van der Waals surface area contributed by atoms with Crippen molar-refractivity contribution in [1.82, 2.24) is 10.1 Å². The van der Waals surface area contributed by atoms with Gasteiger partial charge in [-0.25, -0.2) is 0 Å². The van der Waals surface area contributed by atoms with E-state index in [4.69, 9.17) is 4.52 Å². The molecule has 1 amide bonds. The second-order valence-electron chi connectivity index (χ2n) is 5.93. The van der Waals surface area contributed by atoms with E-state index in [1.807, 2.05) is 59.5 Å². The number of hydrogen-bond donors (Lipinski definition) is 1. The van der Waals surface area contributed by atoms with E-state index in [1.54, 1.807) is 0 Å². The molecule has 1 fully saturated rings. The lowest BCUT2D eigenvalue weighted by atomic mass is 10.2. The Morgan fingerprint density at radius 2 is 1.88 bits per heavy atom. The molecule has 1 aliphatic rings. The largest absolute Gasteiger partial charge is 0.378 e. The van der Waals surface area contributed by atoms with Gasteiger partial charge in [0.05, 0.1) is 6.54 Å². The topological polar surface area (TPSA) is 71.3 Å². The first-order valence-electron chi connectivity index (χ1n) is 8.32. The van der Waals surface area contributed by atoms with E-state index in [9.17, 15) is 4.79 Å². The van der Waals surface area contributed by atoms with Gasteiger partial charge in [0.15, 0.2) is 5.82 Å². The smallest absolute Gasteiger partial charge is 0.257 e. The summed E-state index contributed by atoms with van der Waals surface area (Å²) in [5, 5.41) is 7.26. The van der Waals surface area contributed by atoms with Crippen LogP contribution in [0.5, 0.6) is 0 Å². The van der Waals surface area contributed by atoms with Gasteiger partial charge in [0.25, 0.3) is 5.89 Å². The van der Waals surface area contributed by atoms with Crippen molar-refractivity contribution in [3.8, 4) is 11.5 Å². The van der Waals surface area contributed by atoms with Crippen molar-refractivity contribution in [2.45, 2.75) is 19.4 Å². The normalized spacial score (nSPS) is 14.1. The molecule has 6 heteroatoms. The van der Waals surface area contributed by atoms with E-state index in [0.717, 1.165) is 29.9 Å². The Balaban J connectivity index is 1.38. The average Bonchev–Trinajstić information content (AvgIpc) is 3.30. The van der Waals surface area contributed by atoms with Gasteiger partial charge in [-0.1, -0.05) is 23.4 Å². The van der Waals surface area contributed by atoms with Gasteiger partial charge in [0.2, 0.25) is 5.91 Å². The summed E-state index contributed by atoms with van der Waals surface area (Å²) in [6.07, 6.45) is 1.57. The Bertz CT molecular complexity index is 859. The van der Waals surface area contributed by atoms with E-state index < -0.39 is 0 Å². The molecule has 0 radical (unpaired) electrons. The highest BCUT2D eigenvalue weighted by Gasteiger charge is 2.21. The quantitative estimate of drug-likeness (QED) is 0.773. The molecule has 0 bridgehead atoms. The molecule has 0 unspecified atom stereocenters. The van der Waals surface area contributed by atoms with Crippen LogP contribution in [0.1, 0.15) is 18.7 Å². The molecule has 1 aromatic heterocycles. The minimum Gasteiger partial charge on any atom is -0.378 e. The van der Waals surface area contributed by atoms with Crippen molar-refractivity contribution in [3.63, 3.8) is 0 Å². The monoisotopic (exact) mass is 334 g/mol. The maximum absolute atomic E-state index is 11.8. The summed E-state index contributed by atoms with van der Waals surface area (Å²) in [5.74, 6) is 1.30. The van der Waals surface area contributed by atoms with Crippen LogP contribution in [-0.4, -0.2) is 22.6 Å². The zero-order valence-electron chi connectivity index (χ0n) is 13.7. The summed E-state index contributed by atoms with van der Waals surface area (Å²) in [5.41, 5.74) is 2.79. The third-order valence-corrected chi connectivity index (χ3v) is 4.19. The minimum absolute atomic E-state index is 0.195. The zero-order valence-corrected chi connectivity index (χ0v) is 13.7. The molecule has 0 aliphatic carbocycles. The molecule has 1 saturated heterocycles. The highest BCUT2D eigenvalue weighted by molar-refractivity contribution is 5.95. The first kappa shape index (κ1) is 15.4. The molecule has 6 nitrogen and oxygen atoms in total. The van der Waals surface area contributed by atoms with E-state index in [-0.39, 0.29) is 5.91 Å². The third kappa shape index (κ3) is 3.38. The van der Waals surface area contributed by atoms with Crippen molar-refractivity contribution in [2.24, 2.45) is 0 Å². The summed E-state index contributed by atoms with van der Waals surface area (Å²) in [4.78, 5) is 18.0. The fourth-order valence-corrected chi connectivity index (χ4v) is 2.89. The van der Waals surface area contributed by atoms with Crippen LogP contribution >= 0.6 is 0 Å². The van der Waals surface area contributed by atoms with Crippen LogP contribution in [0.4, 0.5) is 11.4 Å². The molecule has 3 aromatic rings. The number of benzene rings is 2. The van der Waals surface area contributed by atoms with Crippen LogP contribution in [0.2, 0.25) is 0 Å². The van der Waals surface area contributed by atoms with Gasteiger partial charge >= 0.3 is 0 Å². The van der Waals surface area contributed by atoms with Crippen LogP contribution in [0.15, 0.2) is 59.1 Å². The maximum Gasteiger partial charge on any atom is 0.257 e. The highest BCUT2D eigenvalue weighted by Crippen LogP contribution is 2.23. The van der Waals surface area contributed by atoms with Crippen molar-refractivity contribution < 1.29 is 9.32 Å². The van der Waals surface area contributed by atoms with E-state index >= 15 is 0 Å². The molecule has 4 rings (SSSR count). The minimum atomic E-state index is 0.195. The number of rotatable bonds is 5. The van der Waals surface area contributed by atoms with Crippen molar-refractivity contribution in [3.05, 3.63) is 60.4 Å². The van der Waals surface area contributed by atoms with Crippen LogP contribution in [-0.2, 0) is 11.3 Å². The molecule has 0 atom stereocenters. The number of anilines is 2. The predicted molar refractivity (Wildman–Crippen MR) is 95.1 cm³/mol. The van der Waals surface area contributed by atoms with Crippen LogP contribution in [0, 0.1) is 0 Å². The van der Waals surface area contributed by atoms with E-state index in [2.05, 4.69) is 15.5 Å². The summed E-state index contributed by atoms with van der Waals surface area (Å²) in [6, 6.07) is 17.5. The van der Waals surface area contributed by atoms with Gasteiger partial charge in [0, 0.05) is 29.9 Å². The molecule has 2 aromatic carbocycles. The van der Waals surface area contributed by atoms with Crippen molar-refractivity contribution in [2.75, 3.05) is 16.8 Å². The molecule has 1 aliphatic heterocycles. The number of aromatic nitrogens is 2. The maximum atomic E-state index is 11.8. The third-order valence-electron chi connectivity index (χ3n) is 4.19. The summed E-state index contributed by atoms with van der Waals surface area (Å²) in [7, 11) is 0. The van der Waals surface area contributed by atoms with Crippen LogP contribution in [0.25, 0.3) is 11.5 Å². The van der Waals surface area contributed by atoms with Crippen molar-refractivity contribution >= 4 is 17.3 Å². The second-order valence-corrected chi connectivity index (χ2v) is 5.93. The fourth-order valence-electron chi connectivity index (χ4n) is 2.89. The van der Waals surface area contributed by atoms with E-state index in [1.165, 1.54) is 0 Å². The lowest BCUT2D eigenvalue weighted by molar-refractivity contribution is -0.117. The van der Waals surface area contributed by atoms with Gasteiger partial charge in [-0.2, -0.15) is 4.98 Å². The molecule has 25 heavy (non-hydrogen) atoms. The number of nitrogens with zero attached hydrogens (tertiary/aromatic N) is 3. The molecule has 1 N–H and O–H groups in total. The second kappa shape index (κ2) is 6.76. The standard InChI is InChI=1S/C19H18N4O2/c24-18-7-4-12-23(18)16-10-8-15(9-11-16)20-13-17-21-19(25-22-17)14-5-2-1-3-6-14/h1-3,5-6,8-11,20H,4,7,12-13H2. The zero-order chi connectivity index (χ0) is 17.1. The van der Waals surface area contributed by atoms with Crippen molar-refractivity contribution in [1.29, 1.82) is 0 Å². The lowest BCUT2D eigenvalue weighted by Crippen LogP contribution is -2.23. The van der Waals surface area contributed by atoms with E-state index in [0.29, 0.717) is 24.7 Å². The van der Waals surface area contributed by atoms with Gasteiger partial charge in [-0.05, 0) is 42.8 Å². The number of carbonyl (C=O) groups excluding carboxylic acids is 1. The molecule has 0 spiro atoms. The average molecular weight is 334 g/mol. The summed E-state index contributed by atoms with van der Waals surface area (Å²) in [6.45, 7) is 1.27. The molecule has 126 valence electrons. The molecule has 0 saturated carbocycles. The number of hydrogen-bond acceptors (Lipinski definition) is 5. The fraction of sp³-hybridized carbons (Fsp3) is 0.211. The van der Waals surface area contributed by atoms with Gasteiger partial charge in [-0.3, -0.25) is 4.79 Å². The number of amides is 1. The number of carbonyl (C=O) groups is 1.